The summed E-state index contributed by atoms with van der Waals surface area (Å²) < 4.78 is 1.88. The van der Waals surface area contributed by atoms with E-state index in [0.29, 0.717) is 12.3 Å². The average molecular weight is 345 g/mol. The van der Waals surface area contributed by atoms with Crippen molar-refractivity contribution in [2.75, 3.05) is 0 Å². The molecule has 4 rings (SSSR count). The number of hydrogen-bond donors (Lipinski definition) is 1. The van der Waals surface area contributed by atoms with Gasteiger partial charge in [0.05, 0.1) is 11.6 Å². The first-order valence-corrected chi connectivity index (χ1v) is 9.11. The van der Waals surface area contributed by atoms with Gasteiger partial charge in [0.15, 0.2) is 0 Å². The Bertz CT molecular complexity index is 1030. The maximum absolute atomic E-state index is 11.1. The molecule has 0 bridgehead atoms. The lowest BCUT2D eigenvalue weighted by atomic mass is 9.91. The first kappa shape index (κ1) is 16.7. The van der Waals surface area contributed by atoms with Gasteiger partial charge in [0, 0.05) is 0 Å². The van der Waals surface area contributed by atoms with Crippen LogP contribution in [0.15, 0.2) is 66.7 Å². The van der Waals surface area contributed by atoms with Crippen molar-refractivity contribution in [3.8, 4) is 0 Å². The smallest absolute Gasteiger partial charge is 0.113 e. The van der Waals surface area contributed by atoms with Crippen LogP contribution in [0.25, 0.3) is 21.8 Å². The van der Waals surface area contributed by atoms with Crippen molar-refractivity contribution in [1.29, 1.82) is 0 Å². The van der Waals surface area contributed by atoms with Gasteiger partial charge >= 0.3 is 0 Å². The molecule has 3 aromatic carbocycles. The van der Waals surface area contributed by atoms with Crippen LogP contribution in [0.4, 0.5) is 0 Å². The molecular weight excluding hydrogens is 322 g/mol. The minimum Gasteiger partial charge on any atom is -0.391 e. The molecule has 132 valence electrons. The predicted molar refractivity (Wildman–Crippen MR) is 105 cm³/mol. The van der Waals surface area contributed by atoms with Crippen LogP contribution in [0.2, 0.25) is 0 Å². The highest BCUT2D eigenvalue weighted by Gasteiger charge is 2.27. The van der Waals surface area contributed by atoms with Crippen LogP contribution in [-0.2, 0) is 0 Å². The number of hydrogen-bond acceptors (Lipinski definition) is 3. The van der Waals surface area contributed by atoms with E-state index in [0.717, 1.165) is 27.4 Å². The van der Waals surface area contributed by atoms with Crippen LogP contribution < -0.4 is 0 Å². The second kappa shape index (κ2) is 6.89. The van der Waals surface area contributed by atoms with Crippen LogP contribution in [0, 0.1) is 5.92 Å². The highest BCUT2D eigenvalue weighted by Crippen LogP contribution is 2.33. The van der Waals surface area contributed by atoms with E-state index in [9.17, 15) is 5.11 Å². The number of benzene rings is 3. The average Bonchev–Trinajstić information content (AvgIpc) is 3.06. The van der Waals surface area contributed by atoms with Crippen molar-refractivity contribution in [1.82, 2.24) is 15.0 Å². The minimum absolute atomic E-state index is 0.282. The van der Waals surface area contributed by atoms with Gasteiger partial charge in [-0.05, 0) is 40.8 Å². The van der Waals surface area contributed by atoms with Crippen LogP contribution in [0.5, 0.6) is 0 Å². The number of rotatable bonds is 5. The van der Waals surface area contributed by atoms with E-state index in [2.05, 4.69) is 48.4 Å². The Morgan fingerprint density at radius 3 is 2.50 bits per heavy atom. The number of aliphatic hydroxyl groups is 1. The SMILES string of the molecule is CC(C)CC(O)C(c1cccc2ccccc12)n1nnc2ccccc21. The van der Waals surface area contributed by atoms with E-state index in [4.69, 9.17) is 0 Å². The molecule has 4 aromatic rings. The Morgan fingerprint density at radius 2 is 1.65 bits per heavy atom. The highest BCUT2D eigenvalue weighted by molar-refractivity contribution is 5.86. The number of aromatic nitrogens is 3. The maximum atomic E-state index is 11.1. The lowest BCUT2D eigenvalue weighted by Gasteiger charge is -2.26. The summed E-state index contributed by atoms with van der Waals surface area (Å²) in [7, 11) is 0. The normalized spacial score (nSPS) is 14.2. The van der Waals surface area contributed by atoms with E-state index in [-0.39, 0.29) is 6.04 Å². The number of para-hydroxylation sites is 1. The molecule has 0 fully saturated rings. The van der Waals surface area contributed by atoms with Crippen molar-refractivity contribution in [3.63, 3.8) is 0 Å². The van der Waals surface area contributed by atoms with Gasteiger partial charge in [-0.1, -0.05) is 73.7 Å². The summed E-state index contributed by atoms with van der Waals surface area (Å²) in [4.78, 5) is 0. The second-order valence-corrected chi connectivity index (χ2v) is 7.23. The molecule has 4 nitrogen and oxygen atoms in total. The zero-order valence-corrected chi connectivity index (χ0v) is 15.1. The Balaban J connectivity index is 1.94. The van der Waals surface area contributed by atoms with Gasteiger partial charge in [0.2, 0.25) is 0 Å². The van der Waals surface area contributed by atoms with Gasteiger partial charge in [-0.15, -0.1) is 5.10 Å². The summed E-state index contributed by atoms with van der Waals surface area (Å²) in [6, 6.07) is 22.1. The molecule has 0 saturated heterocycles. The molecule has 0 saturated carbocycles. The van der Waals surface area contributed by atoms with Gasteiger partial charge < -0.3 is 5.11 Å². The molecular formula is C22H23N3O. The molecule has 1 aromatic heterocycles. The lowest BCUT2D eigenvalue weighted by Crippen LogP contribution is -2.28. The minimum atomic E-state index is -0.550. The molecule has 0 radical (unpaired) electrons. The van der Waals surface area contributed by atoms with E-state index >= 15 is 0 Å². The van der Waals surface area contributed by atoms with Crippen LogP contribution in [0.3, 0.4) is 0 Å². The summed E-state index contributed by atoms with van der Waals surface area (Å²) in [5.41, 5.74) is 2.86. The third kappa shape index (κ3) is 2.97. The van der Waals surface area contributed by atoms with Crippen molar-refractivity contribution in [2.24, 2.45) is 5.92 Å². The molecule has 1 N–H and O–H groups in total. The molecule has 0 aliphatic heterocycles. The molecule has 4 heteroatoms. The lowest BCUT2D eigenvalue weighted by molar-refractivity contribution is 0.104. The van der Waals surface area contributed by atoms with Gasteiger partial charge in [-0.2, -0.15) is 0 Å². The summed E-state index contributed by atoms with van der Waals surface area (Å²) in [6.45, 7) is 4.26. The summed E-state index contributed by atoms with van der Waals surface area (Å²) in [5, 5.41) is 22.2. The van der Waals surface area contributed by atoms with E-state index in [1.165, 1.54) is 0 Å². The van der Waals surface area contributed by atoms with E-state index in [1.807, 2.05) is 47.1 Å². The quantitative estimate of drug-likeness (QED) is 0.576. The summed E-state index contributed by atoms with van der Waals surface area (Å²) in [5.74, 6) is 0.386. The zero-order chi connectivity index (χ0) is 18.1. The number of aliphatic hydroxyl groups excluding tert-OH is 1. The zero-order valence-electron chi connectivity index (χ0n) is 15.1. The fourth-order valence-corrected chi connectivity index (χ4v) is 3.71. The van der Waals surface area contributed by atoms with Crippen molar-refractivity contribution in [3.05, 3.63) is 72.3 Å². The van der Waals surface area contributed by atoms with E-state index < -0.39 is 6.10 Å². The molecule has 0 spiro atoms. The number of nitrogens with zero attached hydrogens (tertiary/aromatic N) is 3. The molecule has 26 heavy (non-hydrogen) atoms. The van der Waals surface area contributed by atoms with Gasteiger partial charge in [-0.3, -0.25) is 0 Å². The second-order valence-electron chi connectivity index (χ2n) is 7.23. The fraction of sp³-hybridized carbons (Fsp3) is 0.273. The third-order valence-electron chi connectivity index (χ3n) is 4.86. The summed E-state index contributed by atoms with van der Waals surface area (Å²) >= 11 is 0. The Labute approximate surface area is 153 Å². The standard InChI is InChI=1S/C22H23N3O/c1-15(2)14-21(26)22(25-20-13-6-5-12-19(20)23-24-25)18-11-7-9-16-8-3-4-10-17(16)18/h3-13,15,21-22,26H,14H2,1-2H3. The van der Waals surface area contributed by atoms with Gasteiger partial charge in [0.1, 0.15) is 11.6 Å². The fourth-order valence-electron chi connectivity index (χ4n) is 3.71. The molecule has 0 aliphatic carbocycles. The topological polar surface area (TPSA) is 50.9 Å². The Morgan fingerprint density at radius 1 is 0.923 bits per heavy atom. The largest absolute Gasteiger partial charge is 0.391 e. The molecule has 0 amide bonds. The van der Waals surface area contributed by atoms with Crippen LogP contribution in [-0.4, -0.2) is 26.2 Å². The monoisotopic (exact) mass is 345 g/mol. The first-order valence-electron chi connectivity index (χ1n) is 9.11. The maximum Gasteiger partial charge on any atom is 0.113 e. The predicted octanol–water partition coefficient (Wildman–Crippen LogP) is 4.58. The number of fused-ring (bicyclic) bond motifs is 2. The summed E-state index contributed by atoms with van der Waals surface area (Å²) in [6.07, 6.45) is 0.146. The van der Waals surface area contributed by atoms with Gasteiger partial charge in [-0.25, -0.2) is 4.68 Å². The first-order chi connectivity index (χ1) is 12.6. The highest BCUT2D eigenvalue weighted by atomic mass is 16.3. The molecule has 0 aliphatic rings. The Kier molecular flexibility index (Phi) is 4.43. The van der Waals surface area contributed by atoms with Crippen molar-refractivity contribution < 1.29 is 5.11 Å². The van der Waals surface area contributed by atoms with Crippen LogP contribution in [0.1, 0.15) is 31.9 Å². The third-order valence-corrected chi connectivity index (χ3v) is 4.86. The Hall–Kier alpha value is -2.72. The molecule has 1 heterocycles. The van der Waals surface area contributed by atoms with Crippen molar-refractivity contribution in [2.45, 2.75) is 32.4 Å². The van der Waals surface area contributed by atoms with Crippen LogP contribution >= 0.6 is 0 Å². The van der Waals surface area contributed by atoms with Crippen molar-refractivity contribution >= 4 is 21.8 Å². The van der Waals surface area contributed by atoms with Gasteiger partial charge in [0.25, 0.3) is 0 Å². The molecule has 2 unspecified atom stereocenters. The molecule has 2 atom stereocenters. The van der Waals surface area contributed by atoms with E-state index in [1.54, 1.807) is 0 Å².